The number of aromatic amines is 2. The van der Waals surface area contributed by atoms with E-state index in [0.717, 1.165) is 17.4 Å². The average molecular weight is 199 g/mol. The summed E-state index contributed by atoms with van der Waals surface area (Å²) < 4.78 is 1.11. The molecule has 14 heavy (non-hydrogen) atoms. The Morgan fingerprint density at radius 2 is 1.71 bits per heavy atom. The maximum absolute atomic E-state index is 11.4. The third-order valence-corrected chi connectivity index (χ3v) is 2.99. The summed E-state index contributed by atoms with van der Waals surface area (Å²) in [4.78, 5) is 22.7. The first-order chi connectivity index (χ1) is 6.69. The van der Waals surface area contributed by atoms with E-state index in [1.54, 1.807) is 0 Å². The molecule has 1 aromatic heterocycles. The quantitative estimate of drug-likeness (QED) is 0.578. The van der Waals surface area contributed by atoms with Crippen LogP contribution in [-0.4, -0.2) is 26.5 Å². The monoisotopic (exact) mass is 199 g/mol. The third-order valence-electron chi connectivity index (χ3n) is 2.99. The second-order valence-electron chi connectivity index (χ2n) is 3.79. The van der Waals surface area contributed by atoms with E-state index in [1.165, 1.54) is 0 Å². The number of nitrogens with one attached hydrogen (secondary N) is 2. The summed E-state index contributed by atoms with van der Waals surface area (Å²) in [7, 11) is 0. The Morgan fingerprint density at radius 3 is 2.14 bits per heavy atom. The van der Waals surface area contributed by atoms with Crippen LogP contribution in [-0.2, 0) is 5.54 Å². The minimum absolute atomic E-state index is 0.159. The van der Waals surface area contributed by atoms with Crippen LogP contribution in [0.1, 0.15) is 25.7 Å². The summed E-state index contributed by atoms with van der Waals surface area (Å²) in [5.41, 5.74) is -1.61. The van der Waals surface area contributed by atoms with Crippen LogP contribution in [0.4, 0.5) is 0 Å². The minimum Gasteiger partial charge on any atom is -0.394 e. The molecule has 1 aliphatic rings. The maximum atomic E-state index is 11.4. The molecule has 0 amide bonds. The van der Waals surface area contributed by atoms with Gasteiger partial charge in [-0.25, -0.2) is 24.4 Å². The molecule has 3 N–H and O–H groups in total. The van der Waals surface area contributed by atoms with Crippen molar-refractivity contribution in [2.45, 2.75) is 31.2 Å². The standard InChI is InChI=1S/C8H13N3O3/c12-5-8(3-1-2-4-8)11-6(13)9-10-7(11)14/h12H,1-5H2,(H,9,13)(H,10,14). The van der Waals surface area contributed by atoms with Crippen LogP contribution in [0.2, 0.25) is 0 Å². The number of H-pyrrole nitrogens is 2. The van der Waals surface area contributed by atoms with Gasteiger partial charge in [0.25, 0.3) is 0 Å². The Bertz CT molecular complexity index is 394. The van der Waals surface area contributed by atoms with E-state index in [0.29, 0.717) is 12.8 Å². The average Bonchev–Trinajstić information content (AvgIpc) is 2.75. The van der Waals surface area contributed by atoms with Crippen LogP contribution in [0, 0.1) is 0 Å². The van der Waals surface area contributed by atoms with Gasteiger partial charge in [0, 0.05) is 0 Å². The van der Waals surface area contributed by atoms with E-state index >= 15 is 0 Å². The minimum atomic E-state index is -0.676. The van der Waals surface area contributed by atoms with Gasteiger partial charge in [0.2, 0.25) is 0 Å². The first-order valence-electron chi connectivity index (χ1n) is 4.71. The van der Waals surface area contributed by atoms with Gasteiger partial charge in [-0.2, -0.15) is 0 Å². The largest absolute Gasteiger partial charge is 0.394 e. The van der Waals surface area contributed by atoms with Crippen LogP contribution in [0.5, 0.6) is 0 Å². The number of hydrogen-bond acceptors (Lipinski definition) is 3. The fraction of sp³-hybridized carbons (Fsp3) is 0.750. The molecule has 1 saturated carbocycles. The Balaban J connectivity index is 2.56. The molecule has 78 valence electrons. The maximum Gasteiger partial charge on any atom is 0.344 e. The van der Waals surface area contributed by atoms with Crippen LogP contribution in [0.25, 0.3) is 0 Å². The molecule has 6 heteroatoms. The highest BCUT2D eigenvalue weighted by molar-refractivity contribution is 4.92. The van der Waals surface area contributed by atoms with E-state index in [4.69, 9.17) is 0 Å². The molecule has 1 heterocycles. The number of aliphatic hydroxyl groups is 1. The van der Waals surface area contributed by atoms with Crippen LogP contribution < -0.4 is 11.4 Å². The Kier molecular flexibility index (Phi) is 2.07. The van der Waals surface area contributed by atoms with E-state index in [-0.39, 0.29) is 6.61 Å². The van der Waals surface area contributed by atoms with Crippen molar-refractivity contribution in [2.24, 2.45) is 0 Å². The molecule has 0 aliphatic heterocycles. The molecule has 6 nitrogen and oxygen atoms in total. The van der Waals surface area contributed by atoms with Crippen molar-refractivity contribution in [3.8, 4) is 0 Å². The van der Waals surface area contributed by atoms with Crippen molar-refractivity contribution in [2.75, 3.05) is 6.61 Å². The summed E-state index contributed by atoms with van der Waals surface area (Å²) in [5.74, 6) is 0. The Hall–Kier alpha value is -1.30. The second kappa shape index (κ2) is 3.13. The zero-order chi connectivity index (χ0) is 10.2. The molecule has 0 spiro atoms. The van der Waals surface area contributed by atoms with E-state index in [9.17, 15) is 14.7 Å². The van der Waals surface area contributed by atoms with E-state index < -0.39 is 16.9 Å². The van der Waals surface area contributed by atoms with Gasteiger partial charge in [-0.15, -0.1) is 0 Å². The van der Waals surface area contributed by atoms with Crippen molar-refractivity contribution in [3.63, 3.8) is 0 Å². The van der Waals surface area contributed by atoms with Crippen molar-refractivity contribution in [3.05, 3.63) is 21.0 Å². The van der Waals surface area contributed by atoms with Crippen molar-refractivity contribution in [1.82, 2.24) is 14.8 Å². The highest BCUT2D eigenvalue weighted by Gasteiger charge is 2.37. The molecule has 0 atom stereocenters. The van der Waals surface area contributed by atoms with Crippen LogP contribution >= 0.6 is 0 Å². The van der Waals surface area contributed by atoms with Gasteiger partial charge in [0.15, 0.2) is 0 Å². The Labute approximate surface area is 79.6 Å². The van der Waals surface area contributed by atoms with E-state index in [1.807, 2.05) is 0 Å². The van der Waals surface area contributed by atoms with Gasteiger partial charge in [-0.05, 0) is 12.8 Å². The lowest BCUT2D eigenvalue weighted by Gasteiger charge is -2.25. The summed E-state index contributed by atoms with van der Waals surface area (Å²) in [5, 5.41) is 13.8. The number of aliphatic hydroxyl groups excluding tert-OH is 1. The normalized spacial score (nSPS) is 20.1. The molecular weight excluding hydrogens is 186 g/mol. The van der Waals surface area contributed by atoms with Crippen LogP contribution in [0.3, 0.4) is 0 Å². The first-order valence-corrected chi connectivity index (χ1v) is 4.71. The molecule has 0 unspecified atom stereocenters. The fourth-order valence-electron chi connectivity index (χ4n) is 2.23. The molecular formula is C8H13N3O3. The Morgan fingerprint density at radius 1 is 1.21 bits per heavy atom. The lowest BCUT2D eigenvalue weighted by molar-refractivity contribution is 0.130. The molecule has 1 aliphatic carbocycles. The summed E-state index contributed by atoms with van der Waals surface area (Å²) >= 11 is 0. The highest BCUT2D eigenvalue weighted by atomic mass is 16.3. The van der Waals surface area contributed by atoms with Crippen molar-refractivity contribution in [1.29, 1.82) is 0 Å². The molecule has 0 saturated heterocycles. The van der Waals surface area contributed by atoms with Gasteiger partial charge in [0.05, 0.1) is 12.1 Å². The van der Waals surface area contributed by atoms with E-state index in [2.05, 4.69) is 10.2 Å². The molecule has 0 bridgehead atoms. The molecule has 1 aromatic rings. The number of rotatable bonds is 2. The number of hydrogen-bond donors (Lipinski definition) is 3. The number of aromatic nitrogens is 3. The lowest BCUT2D eigenvalue weighted by atomic mass is 9.99. The highest BCUT2D eigenvalue weighted by Crippen LogP contribution is 2.33. The second-order valence-corrected chi connectivity index (χ2v) is 3.79. The lowest BCUT2D eigenvalue weighted by Crippen LogP contribution is -2.46. The smallest absolute Gasteiger partial charge is 0.344 e. The topological polar surface area (TPSA) is 90.9 Å². The van der Waals surface area contributed by atoms with Gasteiger partial charge < -0.3 is 5.11 Å². The summed E-state index contributed by atoms with van der Waals surface area (Å²) in [6.45, 7) is -0.159. The third kappa shape index (κ3) is 1.14. The molecule has 0 radical (unpaired) electrons. The van der Waals surface area contributed by atoms with Gasteiger partial charge >= 0.3 is 11.4 Å². The number of nitrogens with zero attached hydrogens (tertiary/aromatic N) is 1. The SMILES string of the molecule is O=c1[nH][nH]c(=O)n1C1(CO)CCCC1. The van der Waals surface area contributed by atoms with Gasteiger partial charge in [0.1, 0.15) is 0 Å². The molecule has 0 aromatic carbocycles. The van der Waals surface area contributed by atoms with Crippen molar-refractivity contribution >= 4 is 0 Å². The van der Waals surface area contributed by atoms with Gasteiger partial charge in [-0.3, -0.25) is 0 Å². The van der Waals surface area contributed by atoms with Crippen LogP contribution in [0.15, 0.2) is 9.59 Å². The van der Waals surface area contributed by atoms with Gasteiger partial charge in [-0.1, -0.05) is 12.8 Å². The zero-order valence-electron chi connectivity index (χ0n) is 7.75. The summed E-state index contributed by atoms with van der Waals surface area (Å²) in [6, 6.07) is 0. The molecule has 2 rings (SSSR count). The fourth-order valence-corrected chi connectivity index (χ4v) is 2.23. The first kappa shape index (κ1) is 9.26. The zero-order valence-corrected chi connectivity index (χ0v) is 7.75. The predicted octanol–water partition coefficient (Wildman–Crippen LogP) is -0.874. The predicted molar refractivity (Wildman–Crippen MR) is 49.2 cm³/mol. The molecule has 1 fully saturated rings. The van der Waals surface area contributed by atoms with Crippen molar-refractivity contribution < 1.29 is 5.11 Å². The summed E-state index contributed by atoms with van der Waals surface area (Å²) in [6.07, 6.45) is 3.25.